The van der Waals surface area contributed by atoms with E-state index in [9.17, 15) is 10.1 Å². The van der Waals surface area contributed by atoms with Gasteiger partial charge < -0.3 is 16.0 Å². The maximum absolute atomic E-state index is 10.8. The van der Waals surface area contributed by atoms with Gasteiger partial charge in [-0.1, -0.05) is 6.07 Å². The van der Waals surface area contributed by atoms with Gasteiger partial charge in [0, 0.05) is 18.3 Å². The van der Waals surface area contributed by atoms with E-state index in [1.54, 1.807) is 35.0 Å². The van der Waals surface area contributed by atoms with Crippen LogP contribution in [0.15, 0.2) is 52.8 Å². The SMILES string of the molecule is NC(N)=N/N=C/c1cccn1-c1cccc([N+](=O)[O-])c1. The fraction of sp³-hybridized carbons (Fsp3) is 0. The molecule has 1 aromatic carbocycles. The summed E-state index contributed by atoms with van der Waals surface area (Å²) in [7, 11) is 0. The van der Waals surface area contributed by atoms with Crippen molar-refractivity contribution in [3.05, 3.63) is 58.4 Å². The highest BCUT2D eigenvalue weighted by Gasteiger charge is 2.08. The van der Waals surface area contributed by atoms with Crippen molar-refractivity contribution < 1.29 is 4.92 Å². The average molecular weight is 272 g/mol. The van der Waals surface area contributed by atoms with Crippen LogP contribution in [0.4, 0.5) is 5.69 Å². The number of hydrogen-bond acceptors (Lipinski definition) is 4. The number of guanidine groups is 1. The van der Waals surface area contributed by atoms with Crippen molar-refractivity contribution in [2.45, 2.75) is 0 Å². The lowest BCUT2D eigenvalue weighted by atomic mass is 10.2. The van der Waals surface area contributed by atoms with Crippen LogP contribution in [0.25, 0.3) is 5.69 Å². The molecule has 1 heterocycles. The Morgan fingerprint density at radius 2 is 2.10 bits per heavy atom. The lowest BCUT2D eigenvalue weighted by molar-refractivity contribution is -0.384. The van der Waals surface area contributed by atoms with Gasteiger partial charge >= 0.3 is 0 Å². The molecule has 0 aliphatic carbocycles. The predicted molar refractivity (Wildman–Crippen MR) is 75.8 cm³/mol. The first-order chi connectivity index (χ1) is 9.58. The molecule has 2 aromatic rings. The van der Waals surface area contributed by atoms with Crippen molar-refractivity contribution in [3.63, 3.8) is 0 Å². The molecule has 2 rings (SSSR count). The Morgan fingerprint density at radius 1 is 1.30 bits per heavy atom. The summed E-state index contributed by atoms with van der Waals surface area (Å²) in [5.74, 6) is -0.144. The second kappa shape index (κ2) is 5.65. The molecule has 102 valence electrons. The van der Waals surface area contributed by atoms with Gasteiger partial charge in [-0.15, -0.1) is 5.10 Å². The fourth-order valence-corrected chi connectivity index (χ4v) is 1.65. The molecule has 0 bridgehead atoms. The van der Waals surface area contributed by atoms with Gasteiger partial charge in [-0.2, -0.15) is 5.10 Å². The minimum atomic E-state index is -0.444. The van der Waals surface area contributed by atoms with Crippen molar-refractivity contribution in [1.29, 1.82) is 0 Å². The molecule has 1 aromatic heterocycles. The van der Waals surface area contributed by atoms with Crippen LogP contribution in [0.5, 0.6) is 0 Å². The van der Waals surface area contributed by atoms with Crippen LogP contribution in [0.1, 0.15) is 5.69 Å². The molecule has 0 atom stereocenters. The smallest absolute Gasteiger partial charge is 0.271 e. The summed E-state index contributed by atoms with van der Waals surface area (Å²) >= 11 is 0. The van der Waals surface area contributed by atoms with Crippen molar-refractivity contribution in [3.8, 4) is 5.69 Å². The van der Waals surface area contributed by atoms with Crippen molar-refractivity contribution in [2.24, 2.45) is 21.7 Å². The van der Waals surface area contributed by atoms with E-state index in [1.165, 1.54) is 18.3 Å². The minimum absolute atomic E-state index is 0.0170. The van der Waals surface area contributed by atoms with Crippen molar-refractivity contribution in [2.75, 3.05) is 0 Å². The molecule has 0 radical (unpaired) electrons. The molecular formula is C12H12N6O2. The minimum Gasteiger partial charge on any atom is -0.369 e. The maximum Gasteiger partial charge on any atom is 0.271 e. The van der Waals surface area contributed by atoms with Gasteiger partial charge in [0.25, 0.3) is 5.69 Å². The highest BCUT2D eigenvalue weighted by molar-refractivity contribution is 5.81. The number of nitrogens with zero attached hydrogens (tertiary/aromatic N) is 4. The fourth-order valence-electron chi connectivity index (χ4n) is 1.65. The van der Waals surface area contributed by atoms with Gasteiger partial charge in [0.1, 0.15) is 0 Å². The molecule has 20 heavy (non-hydrogen) atoms. The summed E-state index contributed by atoms with van der Waals surface area (Å²) < 4.78 is 1.73. The van der Waals surface area contributed by atoms with Crippen LogP contribution in [-0.2, 0) is 0 Å². The molecule has 0 fully saturated rings. The van der Waals surface area contributed by atoms with Crippen LogP contribution >= 0.6 is 0 Å². The predicted octanol–water partition coefficient (Wildman–Crippen LogP) is 0.993. The molecule has 0 amide bonds. The van der Waals surface area contributed by atoms with Gasteiger partial charge in [-0.25, -0.2) is 0 Å². The Balaban J connectivity index is 2.37. The monoisotopic (exact) mass is 272 g/mol. The maximum atomic E-state index is 10.8. The highest BCUT2D eigenvalue weighted by atomic mass is 16.6. The molecular weight excluding hydrogens is 260 g/mol. The first-order valence-electron chi connectivity index (χ1n) is 5.62. The quantitative estimate of drug-likeness (QED) is 0.372. The summed E-state index contributed by atoms with van der Waals surface area (Å²) in [6.07, 6.45) is 3.22. The van der Waals surface area contributed by atoms with Gasteiger partial charge in [0.2, 0.25) is 5.96 Å². The third-order valence-corrected chi connectivity index (χ3v) is 2.46. The molecule has 0 aliphatic rings. The molecule has 0 saturated carbocycles. The third kappa shape index (κ3) is 2.99. The standard InChI is InChI=1S/C12H12N6O2/c13-12(14)16-15-8-11-5-2-6-17(11)9-3-1-4-10(7-9)18(19)20/h1-8H,(H4,13,14,16)/b15-8+. The van der Waals surface area contributed by atoms with E-state index < -0.39 is 4.92 Å². The molecule has 8 nitrogen and oxygen atoms in total. The second-order valence-electron chi connectivity index (χ2n) is 3.85. The second-order valence-corrected chi connectivity index (χ2v) is 3.85. The van der Waals surface area contributed by atoms with Crippen LogP contribution in [0, 0.1) is 10.1 Å². The van der Waals surface area contributed by atoms with Crippen LogP contribution in [0.3, 0.4) is 0 Å². The molecule has 4 N–H and O–H groups in total. The van der Waals surface area contributed by atoms with E-state index in [4.69, 9.17) is 11.5 Å². The first kappa shape index (κ1) is 13.3. The number of non-ortho nitro benzene ring substituents is 1. The summed E-state index contributed by atoms with van der Waals surface area (Å²) in [5, 5.41) is 18.0. The van der Waals surface area contributed by atoms with Crippen molar-refractivity contribution in [1.82, 2.24) is 4.57 Å². The van der Waals surface area contributed by atoms with Gasteiger partial charge in [-0.05, 0) is 18.2 Å². The zero-order valence-corrected chi connectivity index (χ0v) is 10.4. The van der Waals surface area contributed by atoms with E-state index in [0.717, 1.165) is 0 Å². The van der Waals surface area contributed by atoms with Gasteiger partial charge in [0.05, 0.1) is 22.5 Å². The largest absolute Gasteiger partial charge is 0.369 e. The zero-order valence-electron chi connectivity index (χ0n) is 10.4. The summed E-state index contributed by atoms with van der Waals surface area (Å²) in [6, 6.07) is 9.84. The first-order valence-corrected chi connectivity index (χ1v) is 5.62. The Morgan fingerprint density at radius 3 is 2.80 bits per heavy atom. The van der Waals surface area contributed by atoms with E-state index in [1.807, 2.05) is 0 Å². The van der Waals surface area contributed by atoms with E-state index >= 15 is 0 Å². The van der Waals surface area contributed by atoms with E-state index in [0.29, 0.717) is 11.4 Å². The van der Waals surface area contributed by atoms with E-state index in [-0.39, 0.29) is 11.6 Å². The average Bonchev–Trinajstić information content (AvgIpc) is 2.87. The topological polar surface area (TPSA) is 125 Å². The lowest BCUT2D eigenvalue weighted by Gasteiger charge is -2.05. The van der Waals surface area contributed by atoms with Gasteiger partial charge in [-0.3, -0.25) is 10.1 Å². The Kier molecular flexibility index (Phi) is 3.75. The molecule has 8 heteroatoms. The molecule has 0 spiro atoms. The summed E-state index contributed by atoms with van der Waals surface area (Å²) in [4.78, 5) is 10.3. The number of hydrogen-bond donors (Lipinski definition) is 2. The Labute approximate surface area is 114 Å². The lowest BCUT2D eigenvalue weighted by Crippen LogP contribution is -2.21. The Hall–Kier alpha value is -3.16. The zero-order chi connectivity index (χ0) is 14.5. The van der Waals surface area contributed by atoms with Crippen molar-refractivity contribution >= 4 is 17.9 Å². The number of benzene rings is 1. The summed E-state index contributed by atoms with van der Waals surface area (Å²) in [5.41, 5.74) is 11.7. The number of nitrogens with two attached hydrogens (primary N) is 2. The van der Waals surface area contributed by atoms with Crippen LogP contribution in [0.2, 0.25) is 0 Å². The van der Waals surface area contributed by atoms with Crippen LogP contribution in [-0.4, -0.2) is 21.7 Å². The van der Waals surface area contributed by atoms with E-state index in [2.05, 4.69) is 10.2 Å². The van der Waals surface area contributed by atoms with Gasteiger partial charge in [0.15, 0.2) is 0 Å². The normalized spacial score (nSPS) is 10.6. The molecule has 0 saturated heterocycles. The highest BCUT2D eigenvalue weighted by Crippen LogP contribution is 2.18. The number of aromatic nitrogens is 1. The molecule has 0 aliphatic heterocycles. The third-order valence-electron chi connectivity index (χ3n) is 2.46. The van der Waals surface area contributed by atoms with Crippen LogP contribution < -0.4 is 11.5 Å². The Bertz CT molecular complexity index is 685. The summed E-state index contributed by atoms with van der Waals surface area (Å²) in [6.45, 7) is 0. The number of nitro benzene ring substituents is 1. The number of nitro groups is 1. The molecule has 0 unspecified atom stereocenters. The number of rotatable bonds is 4.